The Labute approximate surface area is 105 Å². The van der Waals surface area contributed by atoms with Crippen LogP contribution in [0.15, 0.2) is 11.1 Å². The van der Waals surface area contributed by atoms with E-state index in [0.29, 0.717) is 26.2 Å². The first kappa shape index (κ1) is 13.5. The van der Waals surface area contributed by atoms with Crippen LogP contribution in [0.4, 0.5) is 4.79 Å². The van der Waals surface area contributed by atoms with Crippen LogP contribution in [-0.4, -0.2) is 42.8 Å². The fraction of sp³-hybridized carbons (Fsp3) is 0.727. The van der Waals surface area contributed by atoms with E-state index in [2.05, 4.69) is 34.7 Å². The number of rotatable bonds is 3. The molecular formula is C11H19BrN2O2. The van der Waals surface area contributed by atoms with Crippen molar-refractivity contribution in [2.24, 2.45) is 0 Å². The van der Waals surface area contributed by atoms with E-state index in [-0.39, 0.29) is 11.6 Å². The van der Waals surface area contributed by atoms with Crippen LogP contribution in [0.3, 0.4) is 0 Å². The minimum absolute atomic E-state index is 0.0522. The van der Waals surface area contributed by atoms with Gasteiger partial charge in [-0.05, 0) is 13.3 Å². The van der Waals surface area contributed by atoms with E-state index in [1.54, 1.807) is 4.90 Å². The molecule has 1 atom stereocenters. The highest BCUT2D eigenvalue weighted by atomic mass is 79.9. The molecule has 0 aromatic rings. The zero-order chi connectivity index (χ0) is 12.2. The fourth-order valence-electron chi connectivity index (χ4n) is 1.60. The van der Waals surface area contributed by atoms with Crippen LogP contribution in [0.2, 0.25) is 0 Å². The van der Waals surface area contributed by atoms with Gasteiger partial charge in [-0.3, -0.25) is 0 Å². The summed E-state index contributed by atoms with van der Waals surface area (Å²) in [7, 11) is 0. The highest BCUT2D eigenvalue weighted by molar-refractivity contribution is 9.11. The van der Waals surface area contributed by atoms with Crippen molar-refractivity contribution in [3.8, 4) is 0 Å². The van der Waals surface area contributed by atoms with Crippen molar-refractivity contribution in [2.45, 2.75) is 25.9 Å². The molecule has 92 valence electrons. The van der Waals surface area contributed by atoms with Crippen molar-refractivity contribution in [3.05, 3.63) is 11.1 Å². The molecule has 4 nitrogen and oxygen atoms in total. The Hall–Kier alpha value is -0.550. The molecular weight excluding hydrogens is 272 g/mol. The molecule has 0 radical (unpaired) electrons. The molecule has 1 aliphatic rings. The molecule has 1 saturated heterocycles. The van der Waals surface area contributed by atoms with Crippen molar-refractivity contribution in [3.63, 3.8) is 0 Å². The van der Waals surface area contributed by atoms with Gasteiger partial charge in [-0.15, -0.1) is 0 Å². The highest BCUT2D eigenvalue weighted by Gasteiger charge is 2.32. The van der Waals surface area contributed by atoms with Crippen molar-refractivity contribution in [1.29, 1.82) is 0 Å². The standard InChI is InChI=1S/C11H19BrN2O2/c1-4-11(3)8-14(5-6-16-11)10(15)13-7-9(2)12/h2,4-8H2,1,3H3,(H,13,15)/t11-/m1/s1. The molecule has 0 unspecified atom stereocenters. The summed E-state index contributed by atoms with van der Waals surface area (Å²) in [6, 6.07) is -0.0522. The van der Waals surface area contributed by atoms with E-state index in [9.17, 15) is 4.79 Å². The number of ether oxygens (including phenoxy) is 1. The summed E-state index contributed by atoms with van der Waals surface area (Å²) in [5, 5.41) is 2.80. The van der Waals surface area contributed by atoms with Gasteiger partial charge in [0.05, 0.1) is 25.3 Å². The molecule has 5 heteroatoms. The number of carbonyl (C=O) groups is 1. The Morgan fingerprint density at radius 2 is 2.38 bits per heavy atom. The lowest BCUT2D eigenvalue weighted by Gasteiger charge is -2.39. The van der Waals surface area contributed by atoms with Gasteiger partial charge < -0.3 is 15.0 Å². The van der Waals surface area contributed by atoms with E-state index in [0.717, 1.165) is 10.9 Å². The lowest BCUT2D eigenvalue weighted by molar-refractivity contribution is -0.0871. The maximum absolute atomic E-state index is 11.8. The zero-order valence-electron chi connectivity index (χ0n) is 9.88. The molecule has 1 rings (SSSR count). The molecule has 0 spiro atoms. The monoisotopic (exact) mass is 290 g/mol. The van der Waals surface area contributed by atoms with Crippen LogP contribution in [0, 0.1) is 0 Å². The third-order valence-electron chi connectivity index (χ3n) is 2.80. The summed E-state index contributed by atoms with van der Waals surface area (Å²) < 4.78 is 6.44. The third-order valence-corrected chi connectivity index (χ3v) is 3.08. The van der Waals surface area contributed by atoms with E-state index >= 15 is 0 Å². The van der Waals surface area contributed by atoms with Crippen molar-refractivity contribution in [1.82, 2.24) is 10.2 Å². The Balaban J connectivity index is 2.47. The Kier molecular flexibility index (Phi) is 4.80. The molecule has 1 heterocycles. The maximum Gasteiger partial charge on any atom is 0.317 e. The van der Waals surface area contributed by atoms with E-state index in [1.807, 2.05) is 6.92 Å². The highest BCUT2D eigenvalue weighted by Crippen LogP contribution is 2.20. The molecule has 2 amide bonds. The molecule has 0 aromatic carbocycles. The smallest absolute Gasteiger partial charge is 0.317 e. The molecule has 0 bridgehead atoms. The summed E-state index contributed by atoms with van der Waals surface area (Å²) in [6.45, 7) is 10.1. The summed E-state index contributed by atoms with van der Waals surface area (Å²) in [6.07, 6.45) is 0.905. The number of hydrogen-bond donors (Lipinski definition) is 1. The Morgan fingerprint density at radius 1 is 1.69 bits per heavy atom. The number of halogens is 1. The number of nitrogens with zero attached hydrogens (tertiary/aromatic N) is 1. The number of nitrogens with one attached hydrogen (secondary N) is 1. The maximum atomic E-state index is 11.8. The van der Waals surface area contributed by atoms with Gasteiger partial charge in [0, 0.05) is 11.0 Å². The van der Waals surface area contributed by atoms with Crippen molar-refractivity contribution >= 4 is 22.0 Å². The van der Waals surface area contributed by atoms with E-state index in [1.165, 1.54) is 0 Å². The summed E-state index contributed by atoms with van der Waals surface area (Å²) >= 11 is 3.21. The number of carbonyl (C=O) groups excluding carboxylic acids is 1. The fourth-order valence-corrected chi connectivity index (χ4v) is 1.74. The lowest BCUT2D eigenvalue weighted by Crippen LogP contribution is -2.54. The van der Waals surface area contributed by atoms with E-state index in [4.69, 9.17) is 4.74 Å². The minimum atomic E-state index is -0.207. The van der Waals surface area contributed by atoms with Gasteiger partial charge in [0.15, 0.2) is 0 Å². The van der Waals surface area contributed by atoms with Gasteiger partial charge in [-0.25, -0.2) is 4.79 Å². The van der Waals surface area contributed by atoms with Gasteiger partial charge in [0.1, 0.15) is 0 Å². The largest absolute Gasteiger partial charge is 0.372 e. The molecule has 1 aliphatic heterocycles. The number of amides is 2. The number of morpholine rings is 1. The van der Waals surface area contributed by atoms with Crippen molar-refractivity contribution in [2.75, 3.05) is 26.2 Å². The molecule has 1 N–H and O–H groups in total. The van der Waals surface area contributed by atoms with Crippen LogP contribution in [0.5, 0.6) is 0 Å². The molecule has 1 fully saturated rings. The quantitative estimate of drug-likeness (QED) is 0.865. The first-order chi connectivity index (χ1) is 7.47. The lowest BCUT2D eigenvalue weighted by atomic mass is 10.0. The topological polar surface area (TPSA) is 41.6 Å². The SMILES string of the molecule is C=C(Br)CNC(=O)N1CCO[C@](C)(CC)C1. The number of hydrogen-bond acceptors (Lipinski definition) is 2. The van der Waals surface area contributed by atoms with Crippen LogP contribution >= 0.6 is 15.9 Å². The van der Waals surface area contributed by atoms with Gasteiger partial charge in [-0.2, -0.15) is 0 Å². The third kappa shape index (κ3) is 3.79. The predicted molar refractivity (Wildman–Crippen MR) is 67.7 cm³/mol. The number of urea groups is 1. The predicted octanol–water partition coefficient (Wildman–Crippen LogP) is 2.11. The normalized spacial score (nSPS) is 25.3. The van der Waals surface area contributed by atoms with E-state index < -0.39 is 0 Å². The van der Waals surface area contributed by atoms with Crippen LogP contribution in [0.25, 0.3) is 0 Å². The molecule has 0 aromatic heterocycles. The van der Waals surface area contributed by atoms with Crippen LogP contribution in [-0.2, 0) is 4.74 Å². The first-order valence-electron chi connectivity index (χ1n) is 5.47. The van der Waals surface area contributed by atoms with Crippen LogP contribution < -0.4 is 5.32 Å². The molecule has 16 heavy (non-hydrogen) atoms. The van der Waals surface area contributed by atoms with Gasteiger partial charge in [0.2, 0.25) is 0 Å². The van der Waals surface area contributed by atoms with Crippen LogP contribution in [0.1, 0.15) is 20.3 Å². The summed E-state index contributed by atoms with van der Waals surface area (Å²) in [4.78, 5) is 13.6. The summed E-state index contributed by atoms with van der Waals surface area (Å²) in [5.74, 6) is 0. The second-order valence-corrected chi connectivity index (χ2v) is 5.37. The van der Waals surface area contributed by atoms with Gasteiger partial charge >= 0.3 is 6.03 Å². The van der Waals surface area contributed by atoms with Gasteiger partial charge in [-0.1, -0.05) is 29.4 Å². The first-order valence-corrected chi connectivity index (χ1v) is 6.26. The van der Waals surface area contributed by atoms with Gasteiger partial charge in [0.25, 0.3) is 0 Å². The molecule has 0 saturated carbocycles. The average molecular weight is 291 g/mol. The van der Waals surface area contributed by atoms with Crippen molar-refractivity contribution < 1.29 is 9.53 Å². The zero-order valence-corrected chi connectivity index (χ0v) is 11.5. The summed E-state index contributed by atoms with van der Waals surface area (Å²) in [5.41, 5.74) is -0.207. The Morgan fingerprint density at radius 3 is 2.94 bits per heavy atom. The minimum Gasteiger partial charge on any atom is -0.372 e. The Bertz CT molecular complexity index is 283. The molecule has 0 aliphatic carbocycles. The average Bonchev–Trinajstić information content (AvgIpc) is 2.26. The second kappa shape index (κ2) is 5.68. The second-order valence-electron chi connectivity index (χ2n) is 4.25.